The molecule has 2 heterocycles. The number of aliphatic hydroxyl groups excluding tert-OH is 1. The summed E-state index contributed by atoms with van der Waals surface area (Å²) in [6.07, 6.45) is -1.08. The van der Waals surface area contributed by atoms with Crippen molar-refractivity contribution in [2.24, 2.45) is 10.4 Å². The van der Waals surface area contributed by atoms with Gasteiger partial charge in [0, 0.05) is 11.1 Å². The summed E-state index contributed by atoms with van der Waals surface area (Å²) in [5.41, 5.74) is 0.0646. The van der Waals surface area contributed by atoms with E-state index in [1.807, 2.05) is 11.4 Å². The molecule has 0 saturated heterocycles. The van der Waals surface area contributed by atoms with Gasteiger partial charge in [0.15, 0.2) is 0 Å². The van der Waals surface area contributed by atoms with Gasteiger partial charge in [-0.1, -0.05) is 12.1 Å². The van der Waals surface area contributed by atoms with Gasteiger partial charge in [-0.3, -0.25) is 9.79 Å². The number of aliphatic hydroxyl groups is 1. The number of thioether (sulfide) groups is 1. The molecule has 2 aromatic rings. The Hall–Kier alpha value is -1.90. The molecule has 0 saturated carbocycles. The molecule has 1 aromatic carbocycles. The van der Waals surface area contributed by atoms with Gasteiger partial charge in [0.25, 0.3) is 0 Å². The Bertz CT molecular complexity index is 832. The molecule has 1 aliphatic heterocycles. The van der Waals surface area contributed by atoms with E-state index < -0.39 is 23.5 Å². The Morgan fingerprint density at radius 3 is 2.76 bits per heavy atom. The van der Waals surface area contributed by atoms with Gasteiger partial charge in [-0.05, 0) is 26.0 Å². The number of thiazole rings is 1. The quantitative estimate of drug-likeness (QED) is 0.739. The number of nitrogens with zero attached hydrogens (tertiary/aromatic N) is 2. The van der Waals surface area contributed by atoms with Crippen molar-refractivity contribution in [3.63, 3.8) is 0 Å². The maximum absolute atomic E-state index is 11.3. The summed E-state index contributed by atoms with van der Waals surface area (Å²) in [4.78, 5) is 20.3. The van der Waals surface area contributed by atoms with Crippen molar-refractivity contribution in [2.45, 2.75) is 26.0 Å². The molecule has 0 spiro atoms. The van der Waals surface area contributed by atoms with E-state index in [0.29, 0.717) is 27.1 Å². The second-order valence-electron chi connectivity index (χ2n) is 6.34. The normalized spacial score (nSPS) is 18.8. The zero-order valence-electron chi connectivity index (χ0n) is 13.7. The van der Waals surface area contributed by atoms with Gasteiger partial charge >= 0.3 is 5.97 Å². The van der Waals surface area contributed by atoms with Crippen LogP contribution in [0.1, 0.15) is 19.5 Å². The highest BCUT2D eigenvalue weighted by atomic mass is 32.2. The fourth-order valence-electron chi connectivity index (χ4n) is 2.45. The smallest absolute Gasteiger partial charge is 0.311 e. The van der Waals surface area contributed by atoms with Crippen LogP contribution in [0.25, 0.3) is 10.6 Å². The molecule has 0 radical (unpaired) electrons. The molecule has 3 rings (SSSR count). The van der Waals surface area contributed by atoms with Crippen LogP contribution in [0.3, 0.4) is 0 Å². The van der Waals surface area contributed by atoms with E-state index in [4.69, 9.17) is 0 Å². The van der Waals surface area contributed by atoms with Gasteiger partial charge in [0.1, 0.15) is 21.5 Å². The van der Waals surface area contributed by atoms with Crippen molar-refractivity contribution >= 4 is 34.1 Å². The molecule has 1 aliphatic rings. The number of carbonyl (C=O) groups is 1. The lowest BCUT2D eigenvalue weighted by atomic mass is 9.83. The topological polar surface area (TPSA) is 103 Å². The van der Waals surface area contributed by atoms with Gasteiger partial charge in [-0.25, -0.2) is 4.98 Å². The summed E-state index contributed by atoms with van der Waals surface area (Å²) in [7, 11) is 0. The fraction of sp³-hybridized carbons (Fsp3) is 0.353. The van der Waals surface area contributed by atoms with Gasteiger partial charge in [-0.15, -0.1) is 23.1 Å². The highest BCUT2D eigenvalue weighted by Crippen LogP contribution is 2.35. The number of benzene rings is 1. The molecule has 2 atom stereocenters. The minimum absolute atomic E-state index is 0.168. The second-order valence-corrected chi connectivity index (χ2v) is 8.21. The van der Waals surface area contributed by atoms with Crippen molar-refractivity contribution in [2.75, 3.05) is 5.75 Å². The van der Waals surface area contributed by atoms with Crippen molar-refractivity contribution in [1.29, 1.82) is 0 Å². The van der Waals surface area contributed by atoms with Crippen LogP contribution in [-0.2, 0) is 4.79 Å². The van der Waals surface area contributed by atoms with Crippen molar-refractivity contribution in [1.82, 2.24) is 4.98 Å². The van der Waals surface area contributed by atoms with Crippen molar-refractivity contribution in [3.8, 4) is 16.3 Å². The number of aromatic hydroxyl groups is 1. The molecular weight excluding hydrogens is 360 g/mol. The number of hydrogen-bond donors (Lipinski definition) is 3. The fourth-order valence-corrected chi connectivity index (χ4v) is 4.41. The van der Waals surface area contributed by atoms with E-state index in [1.165, 1.54) is 36.9 Å². The first-order valence-electron chi connectivity index (χ1n) is 7.67. The van der Waals surface area contributed by atoms with Crippen LogP contribution in [0, 0.1) is 5.41 Å². The number of rotatable bonds is 5. The lowest BCUT2D eigenvalue weighted by Gasteiger charge is -2.28. The third-order valence-corrected chi connectivity index (χ3v) is 6.16. The SMILES string of the molecule is CC(C)(C(=O)O)C(O)C1CSC(c2csc(-c3ccccc3O)n2)=N1. The maximum atomic E-state index is 11.3. The number of aromatic nitrogens is 1. The maximum Gasteiger partial charge on any atom is 0.311 e. The number of carboxylic acid groups (broad SMARTS) is 1. The zero-order chi connectivity index (χ0) is 18.2. The number of aliphatic imine (C=N–C) groups is 1. The molecule has 6 nitrogen and oxygen atoms in total. The van der Waals surface area contributed by atoms with Gasteiger partial charge in [0.2, 0.25) is 0 Å². The summed E-state index contributed by atoms with van der Waals surface area (Å²) in [6, 6.07) is 6.50. The van der Waals surface area contributed by atoms with Crippen LogP contribution in [-0.4, -0.2) is 49.2 Å². The van der Waals surface area contributed by atoms with Crippen LogP contribution in [0.4, 0.5) is 0 Å². The highest BCUT2D eigenvalue weighted by molar-refractivity contribution is 8.14. The molecule has 3 N–H and O–H groups in total. The number of carboxylic acids is 1. The average molecular weight is 378 g/mol. The predicted molar refractivity (Wildman–Crippen MR) is 99.4 cm³/mol. The van der Waals surface area contributed by atoms with E-state index in [2.05, 4.69) is 9.98 Å². The molecule has 132 valence electrons. The highest BCUT2D eigenvalue weighted by Gasteiger charge is 2.42. The molecule has 8 heteroatoms. The Labute approximate surface area is 153 Å². The van der Waals surface area contributed by atoms with Gasteiger partial charge < -0.3 is 15.3 Å². The number of para-hydroxylation sites is 1. The first kappa shape index (κ1) is 17.9. The molecule has 0 fully saturated rings. The van der Waals surface area contributed by atoms with E-state index in [-0.39, 0.29) is 5.75 Å². The van der Waals surface area contributed by atoms with Crippen molar-refractivity contribution in [3.05, 3.63) is 35.3 Å². The summed E-state index contributed by atoms with van der Waals surface area (Å²) >= 11 is 2.85. The number of aliphatic carboxylic acids is 1. The van der Waals surface area contributed by atoms with Crippen LogP contribution in [0.2, 0.25) is 0 Å². The summed E-state index contributed by atoms with van der Waals surface area (Å²) in [6.45, 7) is 2.99. The Morgan fingerprint density at radius 1 is 1.36 bits per heavy atom. The second kappa shape index (κ2) is 6.78. The summed E-state index contributed by atoms with van der Waals surface area (Å²) in [5.74, 6) is -0.374. The van der Waals surface area contributed by atoms with Crippen LogP contribution in [0.15, 0.2) is 34.6 Å². The molecule has 0 amide bonds. The summed E-state index contributed by atoms with van der Waals surface area (Å²) < 4.78 is 0. The minimum atomic E-state index is -1.27. The van der Waals surface area contributed by atoms with Crippen LogP contribution >= 0.6 is 23.1 Å². The molecular formula is C17H18N2O4S2. The Balaban J connectivity index is 1.82. The first-order valence-corrected chi connectivity index (χ1v) is 9.53. The summed E-state index contributed by atoms with van der Waals surface area (Å²) in [5, 5.41) is 32.8. The monoisotopic (exact) mass is 378 g/mol. The first-order chi connectivity index (χ1) is 11.8. The van der Waals surface area contributed by atoms with E-state index >= 15 is 0 Å². The molecule has 0 aliphatic carbocycles. The van der Waals surface area contributed by atoms with Crippen molar-refractivity contribution < 1.29 is 20.1 Å². The minimum Gasteiger partial charge on any atom is -0.507 e. The molecule has 1 aromatic heterocycles. The predicted octanol–water partition coefficient (Wildman–Crippen LogP) is 2.85. The number of phenols is 1. The number of phenolic OH excluding ortho intramolecular Hbond substituents is 1. The van der Waals surface area contributed by atoms with E-state index in [0.717, 1.165) is 0 Å². The third kappa shape index (κ3) is 3.42. The van der Waals surface area contributed by atoms with Gasteiger partial charge in [0.05, 0.1) is 23.1 Å². The average Bonchev–Trinajstić information content (AvgIpc) is 3.23. The van der Waals surface area contributed by atoms with Crippen LogP contribution < -0.4 is 0 Å². The number of hydrogen-bond acceptors (Lipinski definition) is 7. The molecule has 25 heavy (non-hydrogen) atoms. The Morgan fingerprint density at radius 2 is 2.08 bits per heavy atom. The lowest BCUT2D eigenvalue weighted by molar-refractivity contribution is -0.154. The van der Waals surface area contributed by atoms with E-state index in [9.17, 15) is 20.1 Å². The Kier molecular flexibility index (Phi) is 4.86. The lowest BCUT2D eigenvalue weighted by Crippen LogP contribution is -2.44. The largest absolute Gasteiger partial charge is 0.507 e. The third-order valence-electron chi connectivity index (χ3n) is 4.19. The van der Waals surface area contributed by atoms with Gasteiger partial charge in [-0.2, -0.15) is 0 Å². The molecule has 2 unspecified atom stereocenters. The van der Waals surface area contributed by atoms with Crippen LogP contribution in [0.5, 0.6) is 5.75 Å². The zero-order valence-corrected chi connectivity index (χ0v) is 15.3. The van der Waals surface area contributed by atoms with E-state index in [1.54, 1.807) is 18.2 Å². The molecule has 0 bridgehead atoms. The standard InChI is InChI=1S/C17H18N2O4S2/c1-17(2,16(22)23)13(21)10-7-25-15(18-10)11-8-24-14(19-11)9-5-3-4-6-12(9)20/h3-6,8,10,13,20-21H,7H2,1-2H3,(H,22,23).